The topological polar surface area (TPSA) is 72.8 Å². The highest BCUT2D eigenvalue weighted by molar-refractivity contribution is 5.80. The predicted molar refractivity (Wildman–Crippen MR) is 93.8 cm³/mol. The van der Waals surface area contributed by atoms with Crippen molar-refractivity contribution in [3.05, 3.63) is 0 Å². The molecule has 5 heteroatoms. The van der Waals surface area contributed by atoms with E-state index in [1.165, 1.54) is 7.11 Å². The minimum Gasteiger partial charge on any atom is -0.469 e. The number of rotatable bonds is 7. The molecule has 0 saturated heterocycles. The molecule has 0 fully saturated rings. The largest absolute Gasteiger partial charge is 0.469 e. The highest BCUT2D eigenvalue weighted by Gasteiger charge is 2.42. The second-order valence-corrected chi connectivity index (χ2v) is 5.33. The van der Waals surface area contributed by atoms with Gasteiger partial charge in [-0.15, -0.1) is 0 Å². The van der Waals surface area contributed by atoms with E-state index in [2.05, 4.69) is 0 Å². The maximum Gasteiger partial charge on any atom is 0.311 e. The Bertz CT molecular complexity index is 299. The molecule has 22 heavy (non-hydrogen) atoms. The predicted octanol–water partition coefficient (Wildman–Crippen LogP) is 4.07. The van der Waals surface area contributed by atoms with Crippen molar-refractivity contribution in [2.75, 3.05) is 20.3 Å². The zero-order valence-corrected chi connectivity index (χ0v) is 11.9. The van der Waals surface area contributed by atoms with Crippen molar-refractivity contribution < 1.29 is 24.2 Å². The zero-order valence-electron chi connectivity index (χ0n) is 11.9. The average Bonchev–Trinajstić information content (AvgIpc) is 2.33. The minimum atomic E-state index is -0.757. The van der Waals surface area contributed by atoms with Crippen LogP contribution in [0, 0.1) is 10.8 Å². The second-order valence-electron chi connectivity index (χ2n) is 5.33. The van der Waals surface area contributed by atoms with Crippen LogP contribution in [0.5, 0.6) is 0 Å². The molecule has 0 heterocycles. The molecule has 0 aliphatic carbocycles. The Balaban J connectivity index is -0.000000241. The van der Waals surface area contributed by atoms with Crippen LogP contribution in [0.3, 0.4) is 0 Å². The summed E-state index contributed by atoms with van der Waals surface area (Å²) in [5.74, 6) is -0.742. The van der Waals surface area contributed by atoms with Gasteiger partial charge < -0.3 is 14.6 Å². The first-order chi connectivity index (χ1) is 8.23. The van der Waals surface area contributed by atoms with Crippen molar-refractivity contribution in [2.45, 2.75) is 70.2 Å². The van der Waals surface area contributed by atoms with E-state index in [1.807, 2.05) is 6.92 Å². The Morgan fingerprint density at radius 3 is 1.77 bits per heavy atom. The number of carbonyl (C=O) groups excluding carboxylic acids is 2. The number of aliphatic hydroxyl groups is 1. The molecule has 0 amide bonds. The summed E-state index contributed by atoms with van der Waals surface area (Å²) in [4.78, 5) is 23.6. The van der Waals surface area contributed by atoms with Gasteiger partial charge in [0, 0.05) is 0 Å². The average molecular weight is 325 g/mol. The lowest BCUT2D eigenvalue weighted by atomic mass is 9.72. The van der Waals surface area contributed by atoms with Crippen LogP contribution < -0.4 is 0 Å². The standard InChI is InChI=1S/C13H24O5.4CH4/c1-6-13(4,11(16)18-8-7-14)9-12(2,3)10(15)17-5;;;;/h14H,6-9H2,1-5H3;4*1H4. The number of ether oxygens (including phenoxy) is 2. The van der Waals surface area contributed by atoms with Gasteiger partial charge in [0.2, 0.25) is 0 Å². The fraction of sp³-hybridized carbons (Fsp3) is 0.882. The van der Waals surface area contributed by atoms with Crippen LogP contribution in [0.15, 0.2) is 0 Å². The molecule has 0 radical (unpaired) electrons. The molecule has 0 aromatic rings. The lowest BCUT2D eigenvalue weighted by Gasteiger charge is -2.33. The summed E-state index contributed by atoms with van der Waals surface area (Å²) in [6.07, 6.45) is 0.894. The van der Waals surface area contributed by atoms with Crippen LogP contribution in [-0.4, -0.2) is 37.4 Å². The van der Waals surface area contributed by atoms with Gasteiger partial charge >= 0.3 is 11.9 Å². The first-order valence-electron chi connectivity index (χ1n) is 6.10. The molecular formula is C17H40O5. The van der Waals surface area contributed by atoms with Crippen molar-refractivity contribution in [3.63, 3.8) is 0 Å². The molecule has 0 aromatic heterocycles. The van der Waals surface area contributed by atoms with Crippen molar-refractivity contribution in [2.24, 2.45) is 10.8 Å². The maximum absolute atomic E-state index is 12.0. The fourth-order valence-corrected chi connectivity index (χ4v) is 1.98. The van der Waals surface area contributed by atoms with Crippen LogP contribution in [-0.2, 0) is 19.1 Å². The Labute approximate surface area is 138 Å². The third-order valence-corrected chi connectivity index (χ3v) is 3.17. The molecule has 0 saturated carbocycles. The summed E-state index contributed by atoms with van der Waals surface area (Å²) in [6, 6.07) is 0. The summed E-state index contributed by atoms with van der Waals surface area (Å²) >= 11 is 0. The Kier molecular flexibility index (Phi) is 20.2. The molecule has 1 N–H and O–H groups in total. The summed E-state index contributed by atoms with van der Waals surface area (Å²) in [7, 11) is 1.33. The maximum atomic E-state index is 12.0. The molecule has 0 aliphatic rings. The van der Waals surface area contributed by atoms with E-state index in [4.69, 9.17) is 14.6 Å². The Morgan fingerprint density at radius 1 is 1.00 bits per heavy atom. The summed E-state index contributed by atoms with van der Waals surface area (Å²) in [5, 5.41) is 8.66. The first-order valence-corrected chi connectivity index (χ1v) is 6.10. The van der Waals surface area contributed by atoms with Gasteiger partial charge in [0.05, 0.1) is 24.5 Å². The van der Waals surface area contributed by atoms with Gasteiger partial charge in [-0.3, -0.25) is 9.59 Å². The van der Waals surface area contributed by atoms with E-state index in [1.54, 1.807) is 20.8 Å². The Morgan fingerprint density at radius 2 is 1.45 bits per heavy atom. The normalized spacial score (nSPS) is 12.1. The monoisotopic (exact) mass is 324 g/mol. The van der Waals surface area contributed by atoms with Crippen LogP contribution in [0.1, 0.15) is 70.2 Å². The number of hydrogen-bond acceptors (Lipinski definition) is 5. The van der Waals surface area contributed by atoms with E-state index in [0.717, 1.165) is 0 Å². The first kappa shape index (κ1) is 32.7. The lowest BCUT2D eigenvalue weighted by Crippen LogP contribution is -2.38. The van der Waals surface area contributed by atoms with Gasteiger partial charge in [0.1, 0.15) is 6.61 Å². The molecular weight excluding hydrogens is 284 g/mol. The SMILES string of the molecule is C.C.C.C.CCC(C)(CC(C)(C)C(=O)OC)C(=O)OCCO. The van der Waals surface area contributed by atoms with Crippen molar-refractivity contribution >= 4 is 11.9 Å². The van der Waals surface area contributed by atoms with Gasteiger partial charge in [0.15, 0.2) is 0 Å². The van der Waals surface area contributed by atoms with Crippen LogP contribution in [0.25, 0.3) is 0 Å². The summed E-state index contributed by atoms with van der Waals surface area (Å²) in [6.45, 7) is 6.89. The third kappa shape index (κ3) is 9.03. The third-order valence-electron chi connectivity index (χ3n) is 3.17. The van der Waals surface area contributed by atoms with Gasteiger partial charge in [-0.05, 0) is 33.6 Å². The molecule has 0 rings (SSSR count). The van der Waals surface area contributed by atoms with E-state index in [-0.39, 0.29) is 48.9 Å². The quantitative estimate of drug-likeness (QED) is 0.715. The van der Waals surface area contributed by atoms with Crippen molar-refractivity contribution in [1.82, 2.24) is 0 Å². The molecule has 0 aromatic carbocycles. The lowest BCUT2D eigenvalue weighted by molar-refractivity contribution is -0.162. The number of methoxy groups -OCH3 is 1. The molecule has 5 nitrogen and oxygen atoms in total. The van der Waals surface area contributed by atoms with Crippen molar-refractivity contribution in [1.29, 1.82) is 0 Å². The molecule has 0 bridgehead atoms. The Hall–Kier alpha value is -1.10. The number of carbonyl (C=O) groups is 2. The number of aliphatic hydroxyl groups excluding tert-OH is 1. The zero-order chi connectivity index (χ0) is 14.4. The minimum absolute atomic E-state index is 0. The highest BCUT2D eigenvalue weighted by Crippen LogP contribution is 2.38. The van der Waals surface area contributed by atoms with Gasteiger partial charge in [-0.25, -0.2) is 0 Å². The van der Waals surface area contributed by atoms with E-state index >= 15 is 0 Å². The summed E-state index contributed by atoms with van der Waals surface area (Å²) in [5.41, 5.74) is -1.51. The molecule has 1 atom stereocenters. The smallest absolute Gasteiger partial charge is 0.311 e. The summed E-state index contributed by atoms with van der Waals surface area (Å²) < 4.78 is 9.70. The van der Waals surface area contributed by atoms with Crippen molar-refractivity contribution in [3.8, 4) is 0 Å². The van der Waals surface area contributed by atoms with Crippen LogP contribution in [0.4, 0.5) is 0 Å². The van der Waals surface area contributed by atoms with E-state index < -0.39 is 16.8 Å². The fourth-order valence-electron chi connectivity index (χ4n) is 1.98. The molecule has 0 spiro atoms. The van der Waals surface area contributed by atoms with Crippen LogP contribution in [0.2, 0.25) is 0 Å². The van der Waals surface area contributed by atoms with Gasteiger partial charge in [-0.1, -0.05) is 36.6 Å². The molecule has 138 valence electrons. The molecule has 0 aliphatic heterocycles. The van der Waals surface area contributed by atoms with Gasteiger partial charge in [0.25, 0.3) is 0 Å². The van der Waals surface area contributed by atoms with E-state index in [9.17, 15) is 9.59 Å². The number of hydrogen-bond donors (Lipinski definition) is 1. The van der Waals surface area contributed by atoms with E-state index in [0.29, 0.717) is 12.8 Å². The molecule has 1 unspecified atom stereocenters. The second kappa shape index (κ2) is 13.6. The van der Waals surface area contributed by atoms with Crippen LogP contribution >= 0.6 is 0 Å². The number of esters is 2. The van der Waals surface area contributed by atoms with Gasteiger partial charge in [-0.2, -0.15) is 0 Å². The highest BCUT2D eigenvalue weighted by atomic mass is 16.5.